The lowest BCUT2D eigenvalue weighted by molar-refractivity contribution is -0.137. The van der Waals surface area contributed by atoms with Crippen molar-refractivity contribution in [3.63, 3.8) is 0 Å². The number of aromatic hydroxyl groups is 3. The topological polar surface area (TPSA) is 405 Å². The van der Waals surface area contributed by atoms with Crippen LogP contribution in [0.15, 0.2) is 268 Å². The largest absolute Gasteiger partial charge is 0.505 e. The number of allylic oxidation sites excluding steroid dienone is 2. The average Bonchev–Trinajstić information content (AvgIpc) is 1.44. The minimum absolute atomic E-state index is 0.0633. The number of aryl methyl sites for hydroxylation is 6. The summed E-state index contributed by atoms with van der Waals surface area (Å²) in [5.74, 6) is -1.42. The van der Waals surface area contributed by atoms with E-state index in [1.165, 1.54) is 18.2 Å². The number of amides is 2. The number of hydrogen-bond acceptors (Lipinski definition) is 18. The number of aliphatic hydroxyl groups excluding tert-OH is 5. The first-order valence-corrected chi connectivity index (χ1v) is 38.0. The fourth-order valence-corrected chi connectivity index (χ4v) is 13.7. The van der Waals surface area contributed by atoms with Gasteiger partial charge in [0.25, 0.3) is 0 Å². The number of ether oxygens (including phenoxy) is 2. The number of carbonyl (C=O) groups excluding carboxylic acids is 3. The molecular formula is C93H91N5O18S. The number of aromatic nitrogens is 3. The molecule has 0 fully saturated rings. The van der Waals surface area contributed by atoms with Crippen LogP contribution in [-0.4, -0.2) is 105 Å². The molecule has 1 atom stereocenters. The van der Waals surface area contributed by atoms with Gasteiger partial charge in [0.1, 0.15) is 17.3 Å². The second-order valence-corrected chi connectivity index (χ2v) is 28.1. The van der Waals surface area contributed by atoms with Crippen LogP contribution in [0.5, 0.6) is 28.7 Å². The number of nitrogens with two attached hydrogens (primary N) is 2. The summed E-state index contributed by atoms with van der Waals surface area (Å²) >= 11 is 5.11. The number of nitrogens with one attached hydrogen (secondary N) is 2. The van der Waals surface area contributed by atoms with Crippen LogP contribution in [0.3, 0.4) is 0 Å². The summed E-state index contributed by atoms with van der Waals surface area (Å²) in [6, 6.07) is 69.7. The molecule has 24 heteroatoms. The molecule has 15 N–H and O–H groups in total. The first kappa shape index (κ1) is 85.9. The van der Waals surface area contributed by atoms with Gasteiger partial charge >= 0.3 is 5.97 Å². The summed E-state index contributed by atoms with van der Waals surface area (Å²) in [6.45, 7) is -0.766. The smallest absolute Gasteiger partial charge is 0.303 e. The summed E-state index contributed by atoms with van der Waals surface area (Å²) in [5, 5.41) is 87.7. The molecule has 117 heavy (non-hydrogen) atoms. The third-order valence-electron chi connectivity index (χ3n) is 20.0. The zero-order valence-corrected chi connectivity index (χ0v) is 65.2. The summed E-state index contributed by atoms with van der Waals surface area (Å²) in [5.41, 5.74) is 27.0. The molecule has 23 nitrogen and oxygen atoms in total. The van der Waals surface area contributed by atoms with E-state index in [4.69, 9.17) is 42.7 Å². The summed E-state index contributed by atoms with van der Waals surface area (Å²) in [6.07, 6.45) is 7.33. The molecule has 2 amide bonds. The molecule has 12 aromatic rings. The number of nitrogens with zero attached hydrogens (tertiary/aromatic N) is 1. The van der Waals surface area contributed by atoms with Crippen molar-refractivity contribution >= 4 is 35.8 Å². The number of furan rings is 1. The molecule has 4 heterocycles. The number of ketones is 1. The van der Waals surface area contributed by atoms with Crippen molar-refractivity contribution in [1.82, 2.24) is 14.5 Å². The Morgan fingerprint density at radius 3 is 1.25 bits per heavy atom. The van der Waals surface area contributed by atoms with E-state index in [0.717, 1.165) is 78.3 Å². The van der Waals surface area contributed by atoms with Crippen molar-refractivity contribution in [2.75, 3.05) is 20.8 Å². The maximum absolute atomic E-state index is 12.2. The Hall–Kier alpha value is -13.5. The number of aliphatic carboxylic acids is 1. The van der Waals surface area contributed by atoms with Gasteiger partial charge in [0.05, 0.1) is 75.0 Å². The SMILES string of the molecule is COc1ccc(-c2ccc(CCC3=C(O)C(=O)C=C(CO)C3CCC(=O)O)cc2)cc1.COc1ccc(-c2ccc(CCc3c(O)c(=O)cc(CO)n3Cc3ccco3)cc2)cc1.NC(=O)c1ccc(-c2ccc(CCc3[nH]c(CO)cc(=O)c3O)cc2)cc1.NC(=O)c1ccc(-c2ccc(CCc3[nH]c(CO)cc(=S)c3O)cc2)cc1. The molecule has 0 aliphatic heterocycles. The van der Waals surface area contributed by atoms with E-state index >= 15 is 0 Å². The Labute approximate surface area is 679 Å². The van der Waals surface area contributed by atoms with Gasteiger partial charge in [0, 0.05) is 52.7 Å². The normalized spacial score (nSPS) is 12.2. The van der Waals surface area contributed by atoms with E-state index in [1.807, 2.05) is 164 Å². The molecule has 1 aliphatic rings. The highest BCUT2D eigenvalue weighted by Gasteiger charge is 2.30. The molecule has 1 aliphatic carbocycles. The molecule has 1 unspecified atom stereocenters. The fourth-order valence-electron chi connectivity index (χ4n) is 13.5. The van der Waals surface area contributed by atoms with Gasteiger partial charge in [-0.3, -0.25) is 28.8 Å². The van der Waals surface area contributed by atoms with Crippen LogP contribution < -0.4 is 31.8 Å². The Balaban J connectivity index is 0.000000165. The van der Waals surface area contributed by atoms with Crippen LogP contribution >= 0.6 is 12.2 Å². The third kappa shape index (κ3) is 23.4. The highest BCUT2D eigenvalue weighted by atomic mass is 32.1. The number of aromatic amines is 2. The number of benzene rings is 8. The number of H-pyrrole nitrogens is 2. The van der Waals surface area contributed by atoms with Crippen molar-refractivity contribution in [2.45, 2.75) is 90.6 Å². The third-order valence-corrected chi connectivity index (χ3v) is 20.3. The van der Waals surface area contributed by atoms with Crippen molar-refractivity contribution in [3.05, 3.63) is 352 Å². The first-order valence-electron chi connectivity index (χ1n) is 37.6. The van der Waals surface area contributed by atoms with Crippen molar-refractivity contribution < 1.29 is 79.0 Å². The predicted molar refractivity (Wildman–Crippen MR) is 448 cm³/mol. The Bertz CT molecular complexity index is 5480. The van der Waals surface area contributed by atoms with Crippen molar-refractivity contribution in [1.29, 1.82) is 0 Å². The standard InChI is InChI=1S/C26H25NO5.C25H26O6.C21H20N2O4.C21H20N2O3S/c1-31-22-11-9-20(10-12-22)19-7-4-18(5-8-19)6-13-24-26(30)25(29)15-21(17-28)27(24)16-23-3-2-14-32-23;1-31-20-9-7-18(8-10-20)17-5-2-16(3-6-17)4-11-22-21(12-13-24(28)29)19(15-26)14-23(27)25(22)30;22-21(27)16-8-6-15(7-9-16)14-4-1-13(2-5-14)3-10-18-20(26)19(25)11-17(12-24)23-18;22-21(26)16-8-6-15(7-9-16)14-4-1-13(2-5-14)3-10-18-20(25)19(27)11-17(12-24)23-18/h2-5,7-12,14-15,28,30H,6,13,16-17H2,1H3;2-3,5-10,14,21,26,30H,4,11-13,15H2,1H3,(H,28,29);1-2,4-9,11,24,26H,3,10,12H2,(H2,22,27)(H,23,25);1-2,4-9,11,24-25H,3,10,12H2,(H2,22,26)(H,23,27). The number of pyridine rings is 3. The number of aliphatic hydroxyl groups is 5. The molecular weight excluding hydrogens is 1510 g/mol. The van der Waals surface area contributed by atoms with Gasteiger partial charge in [-0.15, -0.1) is 0 Å². The van der Waals surface area contributed by atoms with E-state index in [-0.39, 0.29) is 62.3 Å². The lowest BCUT2D eigenvalue weighted by Crippen LogP contribution is -2.22. The van der Waals surface area contributed by atoms with Crippen LogP contribution in [0.2, 0.25) is 0 Å². The lowest BCUT2D eigenvalue weighted by atomic mass is 9.79. The molecule has 4 aromatic heterocycles. The molecule has 0 saturated heterocycles. The van der Waals surface area contributed by atoms with Gasteiger partial charge in [0.15, 0.2) is 23.0 Å². The first-order chi connectivity index (χ1) is 56.5. The maximum Gasteiger partial charge on any atom is 0.303 e. The van der Waals surface area contributed by atoms with Gasteiger partial charge in [-0.25, -0.2) is 0 Å². The minimum atomic E-state index is -0.956. The summed E-state index contributed by atoms with van der Waals surface area (Å²) < 4.78 is 17.9. The number of carboxylic acid groups (broad SMARTS) is 1. The van der Waals surface area contributed by atoms with Gasteiger partial charge < -0.3 is 85.9 Å². The Morgan fingerprint density at radius 2 is 0.863 bits per heavy atom. The minimum Gasteiger partial charge on any atom is -0.505 e. The van der Waals surface area contributed by atoms with Crippen LogP contribution in [0.4, 0.5) is 0 Å². The number of methoxy groups -OCH3 is 2. The van der Waals surface area contributed by atoms with Crippen LogP contribution in [0.25, 0.3) is 44.5 Å². The number of carbonyl (C=O) groups is 4. The van der Waals surface area contributed by atoms with E-state index in [9.17, 15) is 69.6 Å². The Morgan fingerprint density at radius 1 is 0.470 bits per heavy atom. The van der Waals surface area contributed by atoms with Gasteiger partial charge in [0.2, 0.25) is 28.5 Å². The summed E-state index contributed by atoms with van der Waals surface area (Å²) in [7, 11) is 3.27. The summed E-state index contributed by atoms with van der Waals surface area (Å²) in [4.78, 5) is 75.2. The predicted octanol–water partition coefficient (Wildman–Crippen LogP) is 13.9. The molecule has 0 saturated carbocycles. The van der Waals surface area contributed by atoms with Crippen molar-refractivity contribution in [2.24, 2.45) is 17.4 Å². The second kappa shape index (κ2) is 41.5. The number of carboxylic acids is 1. The van der Waals surface area contributed by atoms with Gasteiger partial charge in [-0.1, -0.05) is 158 Å². The molecule has 0 spiro atoms. The number of rotatable bonds is 29. The molecule has 13 rings (SSSR count). The van der Waals surface area contributed by atoms with Crippen molar-refractivity contribution in [3.8, 4) is 73.3 Å². The highest BCUT2D eigenvalue weighted by molar-refractivity contribution is 7.71. The fraction of sp³-hybridized carbons (Fsp3) is 0.194. The maximum atomic E-state index is 12.2. The van der Waals surface area contributed by atoms with E-state index < -0.39 is 40.3 Å². The number of primary amides is 2. The monoisotopic (exact) mass is 1600 g/mol. The van der Waals surface area contributed by atoms with E-state index in [1.54, 1.807) is 61.4 Å². The average molecular weight is 1600 g/mol. The highest BCUT2D eigenvalue weighted by Crippen LogP contribution is 2.36. The van der Waals surface area contributed by atoms with Gasteiger partial charge in [-0.2, -0.15) is 0 Å². The number of hydrogen-bond donors (Lipinski definition) is 13. The molecule has 0 bridgehead atoms. The van der Waals surface area contributed by atoms with E-state index in [2.05, 4.69) is 22.1 Å². The second-order valence-electron chi connectivity index (χ2n) is 27.6. The van der Waals surface area contributed by atoms with Crippen LogP contribution in [-0.2, 0) is 80.9 Å². The van der Waals surface area contributed by atoms with E-state index in [0.29, 0.717) is 125 Å². The molecule has 602 valence electrons. The zero-order valence-electron chi connectivity index (χ0n) is 64.4. The van der Waals surface area contributed by atoms with Crippen LogP contribution in [0.1, 0.15) is 102 Å². The lowest BCUT2D eigenvalue weighted by Gasteiger charge is -2.26. The zero-order chi connectivity index (χ0) is 83.7. The van der Waals surface area contributed by atoms with Crippen LogP contribution in [0, 0.1) is 10.4 Å². The van der Waals surface area contributed by atoms with Gasteiger partial charge in [-0.05, 0) is 209 Å². The Kier molecular flexibility index (Phi) is 30.5. The molecule has 0 radical (unpaired) electrons. The molecule has 8 aromatic carbocycles. The quantitative estimate of drug-likeness (QED) is 0.0194.